The molecule has 0 saturated heterocycles. The lowest BCUT2D eigenvalue weighted by atomic mass is 10.1. The molecule has 1 aromatic rings. The highest BCUT2D eigenvalue weighted by Gasteiger charge is 2.13. The third-order valence-corrected chi connectivity index (χ3v) is 2.55. The smallest absolute Gasteiger partial charge is 0.255 e. The van der Waals surface area contributed by atoms with E-state index in [4.69, 9.17) is 11.5 Å². The normalized spacial score (nSPS) is 9.94. The molecule has 0 fully saturated rings. The number of hydrogen-bond donors (Lipinski definition) is 2. The zero-order chi connectivity index (χ0) is 12.8. The molecule has 0 saturated carbocycles. The Morgan fingerprint density at radius 2 is 2.18 bits per heavy atom. The Morgan fingerprint density at radius 1 is 1.47 bits per heavy atom. The second kappa shape index (κ2) is 5.94. The van der Waals surface area contributed by atoms with Gasteiger partial charge in [0.05, 0.1) is 5.56 Å². The second-order valence-corrected chi connectivity index (χ2v) is 4.00. The molecule has 0 bridgehead atoms. The predicted octanol–water partition coefficient (Wildman–Crippen LogP) is 1.89. The van der Waals surface area contributed by atoms with Gasteiger partial charge in [0.1, 0.15) is 0 Å². The highest BCUT2D eigenvalue weighted by atomic mass is 16.2. The summed E-state index contributed by atoms with van der Waals surface area (Å²) in [4.78, 5) is 13.7. The van der Waals surface area contributed by atoms with Crippen LogP contribution in [-0.2, 0) is 0 Å². The van der Waals surface area contributed by atoms with Crippen LogP contribution in [0.4, 0.5) is 11.4 Å². The SMILES string of the molecule is C=CCCCN(C)C(=O)c1ccc(N)cc1N. The van der Waals surface area contributed by atoms with Gasteiger partial charge in [-0.25, -0.2) is 0 Å². The maximum absolute atomic E-state index is 12.1. The van der Waals surface area contributed by atoms with Crippen LogP contribution >= 0.6 is 0 Å². The standard InChI is InChI=1S/C13H19N3O/c1-3-4-5-8-16(2)13(17)11-7-6-10(14)9-12(11)15/h3,6-7,9H,1,4-5,8,14-15H2,2H3. The lowest BCUT2D eigenvalue weighted by molar-refractivity contribution is 0.0795. The van der Waals surface area contributed by atoms with Gasteiger partial charge in [-0.3, -0.25) is 4.79 Å². The van der Waals surface area contributed by atoms with Crippen LogP contribution in [0.1, 0.15) is 23.2 Å². The molecule has 4 N–H and O–H groups in total. The Balaban J connectivity index is 2.71. The number of nitrogens with zero attached hydrogens (tertiary/aromatic N) is 1. The van der Waals surface area contributed by atoms with Crippen molar-refractivity contribution in [1.29, 1.82) is 0 Å². The molecule has 0 unspecified atom stereocenters. The van der Waals surface area contributed by atoms with Gasteiger partial charge in [-0.15, -0.1) is 6.58 Å². The number of allylic oxidation sites excluding steroid dienone is 1. The number of amides is 1. The van der Waals surface area contributed by atoms with E-state index in [0.29, 0.717) is 23.5 Å². The van der Waals surface area contributed by atoms with Crippen molar-refractivity contribution in [3.63, 3.8) is 0 Å². The lowest BCUT2D eigenvalue weighted by Crippen LogP contribution is -2.28. The van der Waals surface area contributed by atoms with Gasteiger partial charge in [-0.1, -0.05) is 6.08 Å². The van der Waals surface area contributed by atoms with Crippen LogP contribution in [0.25, 0.3) is 0 Å². The van der Waals surface area contributed by atoms with Crippen molar-refractivity contribution < 1.29 is 4.79 Å². The Kier molecular flexibility index (Phi) is 4.57. The third kappa shape index (κ3) is 3.52. The molecule has 0 aliphatic heterocycles. The molecule has 0 aromatic heterocycles. The number of carbonyl (C=O) groups is 1. The van der Waals surface area contributed by atoms with Crippen LogP contribution in [0.2, 0.25) is 0 Å². The van der Waals surface area contributed by atoms with Crippen LogP contribution in [0.3, 0.4) is 0 Å². The largest absolute Gasteiger partial charge is 0.399 e. The molecule has 0 atom stereocenters. The first-order valence-corrected chi connectivity index (χ1v) is 5.57. The Morgan fingerprint density at radius 3 is 2.76 bits per heavy atom. The Labute approximate surface area is 102 Å². The lowest BCUT2D eigenvalue weighted by Gasteiger charge is -2.17. The molecule has 0 heterocycles. The molecule has 17 heavy (non-hydrogen) atoms. The number of rotatable bonds is 5. The summed E-state index contributed by atoms with van der Waals surface area (Å²) >= 11 is 0. The van der Waals surface area contributed by atoms with Gasteiger partial charge >= 0.3 is 0 Å². The first-order valence-electron chi connectivity index (χ1n) is 5.57. The van der Waals surface area contributed by atoms with E-state index in [-0.39, 0.29) is 5.91 Å². The van der Waals surface area contributed by atoms with Crippen molar-refractivity contribution in [2.75, 3.05) is 25.1 Å². The van der Waals surface area contributed by atoms with Crippen molar-refractivity contribution in [1.82, 2.24) is 4.90 Å². The summed E-state index contributed by atoms with van der Waals surface area (Å²) in [5.41, 5.74) is 12.8. The number of anilines is 2. The number of hydrogen-bond acceptors (Lipinski definition) is 3. The first kappa shape index (κ1) is 13.1. The average molecular weight is 233 g/mol. The molecule has 0 aliphatic rings. The zero-order valence-electron chi connectivity index (χ0n) is 10.1. The van der Waals surface area contributed by atoms with E-state index < -0.39 is 0 Å². The minimum atomic E-state index is -0.0773. The number of benzene rings is 1. The van der Waals surface area contributed by atoms with E-state index in [1.54, 1.807) is 30.1 Å². The molecular weight excluding hydrogens is 214 g/mol. The van der Waals surface area contributed by atoms with E-state index in [2.05, 4.69) is 6.58 Å². The monoisotopic (exact) mass is 233 g/mol. The van der Waals surface area contributed by atoms with Gasteiger partial charge < -0.3 is 16.4 Å². The highest BCUT2D eigenvalue weighted by Crippen LogP contribution is 2.17. The van der Waals surface area contributed by atoms with Crippen LogP contribution in [0, 0.1) is 0 Å². The molecule has 1 amide bonds. The van der Waals surface area contributed by atoms with Crippen molar-refractivity contribution in [2.24, 2.45) is 0 Å². The maximum Gasteiger partial charge on any atom is 0.255 e. The number of unbranched alkanes of at least 4 members (excludes halogenated alkanes) is 1. The zero-order valence-corrected chi connectivity index (χ0v) is 10.1. The number of carbonyl (C=O) groups excluding carboxylic acids is 1. The van der Waals surface area contributed by atoms with Gasteiger partial charge in [-0.2, -0.15) is 0 Å². The van der Waals surface area contributed by atoms with Gasteiger partial charge in [0.15, 0.2) is 0 Å². The second-order valence-electron chi connectivity index (χ2n) is 4.00. The van der Waals surface area contributed by atoms with Gasteiger partial charge in [-0.05, 0) is 31.0 Å². The van der Waals surface area contributed by atoms with Crippen LogP contribution in [0.5, 0.6) is 0 Å². The van der Waals surface area contributed by atoms with Gasteiger partial charge in [0, 0.05) is 25.0 Å². The molecule has 0 radical (unpaired) electrons. The quantitative estimate of drug-likeness (QED) is 0.463. The van der Waals surface area contributed by atoms with Crippen LogP contribution < -0.4 is 11.5 Å². The molecule has 4 nitrogen and oxygen atoms in total. The van der Waals surface area contributed by atoms with Gasteiger partial charge in [0.25, 0.3) is 5.91 Å². The third-order valence-electron chi connectivity index (χ3n) is 2.55. The van der Waals surface area contributed by atoms with Crippen LogP contribution in [-0.4, -0.2) is 24.4 Å². The summed E-state index contributed by atoms with van der Waals surface area (Å²) in [6, 6.07) is 4.95. The fourth-order valence-electron chi connectivity index (χ4n) is 1.56. The first-order chi connectivity index (χ1) is 8.06. The fourth-order valence-corrected chi connectivity index (χ4v) is 1.56. The summed E-state index contributed by atoms with van der Waals surface area (Å²) in [7, 11) is 1.77. The van der Waals surface area contributed by atoms with Crippen molar-refractivity contribution in [2.45, 2.75) is 12.8 Å². The van der Waals surface area contributed by atoms with Crippen LogP contribution in [0.15, 0.2) is 30.9 Å². The minimum Gasteiger partial charge on any atom is -0.399 e. The van der Waals surface area contributed by atoms with Crippen molar-refractivity contribution in [3.8, 4) is 0 Å². The summed E-state index contributed by atoms with van der Waals surface area (Å²) in [6.07, 6.45) is 3.64. The maximum atomic E-state index is 12.1. The molecule has 92 valence electrons. The van der Waals surface area contributed by atoms with E-state index in [0.717, 1.165) is 12.8 Å². The Hall–Kier alpha value is -1.97. The molecular formula is C13H19N3O. The number of nitrogens with two attached hydrogens (primary N) is 2. The van der Waals surface area contributed by atoms with Gasteiger partial charge in [0.2, 0.25) is 0 Å². The molecule has 0 aliphatic carbocycles. The molecule has 1 rings (SSSR count). The minimum absolute atomic E-state index is 0.0773. The summed E-state index contributed by atoms with van der Waals surface area (Å²) in [5.74, 6) is -0.0773. The van der Waals surface area contributed by atoms with E-state index >= 15 is 0 Å². The average Bonchev–Trinajstić information content (AvgIpc) is 2.28. The van der Waals surface area contributed by atoms with Crippen molar-refractivity contribution >= 4 is 17.3 Å². The molecule has 1 aromatic carbocycles. The number of nitrogen functional groups attached to an aromatic ring is 2. The Bertz CT molecular complexity index is 415. The topological polar surface area (TPSA) is 72.3 Å². The highest BCUT2D eigenvalue weighted by molar-refractivity contribution is 5.99. The molecule has 4 heteroatoms. The predicted molar refractivity (Wildman–Crippen MR) is 71.7 cm³/mol. The summed E-state index contributed by atoms with van der Waals surface area (Å²) in [5, 5.41) is 0. The molecule has 0 spiro atoms. The van der Waals surface area contributed by atoms with E-state index in [1.165, 1.54) is 0 Å². The van der Waals surface area contributed by atoms with E-state index in [1.807, 2.05) is 6.08 Å². The summed E-state index contributed by atoms with van der Waals surface area (Å²) in [6.45, 7) is 4.34. The fraction of sp³-hybridized carbons (Fsp3) is 0.308. The van der Waals surface area contributed by atoms with E-state index in [9.17, 15) is 4.79 Å². The van der Waals surface area contributed by atoms with Crippen molar-refractivity contribution in [3.05, 3.63) is 36.4 Å². The summed E-state index contributed by atoms with van der Waals surface area (Å²) < 4.78 is 0.